The predicted molar refractivity (Wildman–Crippen MR) is 51.4 cm³/mol. The van der Waals surface area contributed by atoms with Gasteiger partial charge >= 0.3 is 12.0 Å². The fraction of sp³-hybridized carbons (Fsp3) is 0.400. The van der Waals surface area contributed by atoms with E-state index in [2.05, 4.69) is 4.74 Å². The Morgan fingerprint density at radius 3 is 2.69 bits per heavy atom. The summed E-state index contributed by atoms with van der Waals surface area (Å²) in [5, 5.41) is 9.62. The van der Waals surface area contributed by atoms with Crippen molar-refractivity contribution in [2.24, 2.45) is 0 Å². The summed E-state index contributed by atoms with van der Waals surface area (Å²) in [6.07, 6.45) is -5.22. The van der Waals surface area contributed by atoms with Crippen molar-refractivity contribution in [1.29, 1.82) is 0 Å². The molecule has 0 saturated heterocycles. The first-order chi connectivity index (χ1) is 7.32. The van der Waals surface area contributed by atoms with E-state index in [0.717, 1.165) is 0 Å². The van der Waals surface area contributed by atoms with Gasteiger partial charge in [-0.05, 0) is 24.1 Å². The minimum Gasteiger partial charge on any atom is -0.453 e. The predicted octanol–water partition coefficient (Wildman–Crippen LogP) is 2.92. The number of hydrogen-bond acceptors (Lipinski definition) is 2. The molecule has 0 fully saturated rings. The molecule has 0 amide bonds. The molecular weight excluding hydrogens is 245 g/mol. The summed E-state index contributed by atoms with van der Waals surface area (Å²) in [6.45, 7) is 0. The molecule has 1 aromatic rings. The number of alkyl halides is 3. The van der Waals surface area contributed by atoms with Gasteiger partial charge in [0.1, 0.15) is 5.75 Å². The molecule has 1 atom stereocenters. The van der Waals surface area contributed by atoms with Gasteiger partial charge in [-0.2, -0.15) is 13.2 Å². The van der Waals surface area contributed by atoms with Crippen LogP contribution < -0.4 is 4.74 Å². The van der Waals surface area contributed by atoms with Gasteiger partial charge in [-0.1, -0.05) is 17.7 Å². The van der Waals surface area contributed by atoms with Crippen LogP contribution >= 0.6 is 11.6 Å². The lowest BCUT2D eigenvalue weighted by molar-refractivity contribution is -0.340. The van der Waals surface area contributed by atoms with E-state index in [1.807, 2.05) is 0 Å². The molecule has 16 heavy (non-hydrogen) atoms. The van der Waals surface area contributed by atoms with E-state index in [9.17, 15) is 18.3 Å². The summed E-state index contributed by atoms with van der Waals surface area (Å²) in [7, 11) is 0. The zero-order valence-corrected chi connectivity index (χ0v) is 8.77. The van der Waals surface area contributed by atoms with Crippen molar-refractivity contribution in [3.05, 3.63) is 28.8 Å². The number of aliphatic hydroxyl groups is 1. The summed E-state index contributed by atoms with van der Waals surface area (Å²) >= 11 is 5.64. The maximum atomic E-state index is 12.5. The van der Waals surface area contributed by atoms with Gasteiger partial charge in [-0.15, -0.1) is 0 Å². The Kier molecular flexibility index (Phi) is 2.55. The normalized spacial score (nSPS) is 24.8. The van der Waals surface area contributed by atoms with Gasteiger partial charge in [-0.3, -0.25) is 0 Å². The lowest BCUT2D eigenvalue weighted by Crippen LogP contribution is -2.52. The molecule has 6 heteroatoms. The van der Waals surface area contributed by atoms with E-state index < -0.39 is 18.4 Å². The number of ether oxygens (including phenoxy) is 1. The Bertz CT molecular complexity index is 419. The molecule has 0 radical (unpaired) electrons. The van der Waals surface area contributed by atoms with E-state index in [0.29, 0.717) is 5.56 Å². The highest BCUT2D eigenvalue weighted by molar-refractivity contribution is 6.30. The van der Waals surface area contributed by atoms with E-state index in [1.165, 1.54) is 6.07 Å². The molecule has 0 spiro atoms. The van der Waals surface area contributed by atoms with E-state index in [4.69, 9.17) is 11.6 Å². The molecule has 2 rings (SSSR count). The number of halogens is 4. The molecule has 1 heterocycles. The van der Waals surface area contributed by atoms with Crippen LogP contribution in [0.4, 0.5) is 13.2 Å². The van der Waals surface area contributed by atoms with Gasteiger partial charge in [0.15, 0.2) is 0 Å². The largest absolute Gasteiger partial charge is 0.455 e. The number of hydrogen-bond donors (Lipinski definition) is 1. The number of aryl methyl sites for hydroxylation is 1. The van der Waals surface area contributed by atoms with E-state index in [-0.39, 0.29) is 17.2 Å². The first-order valence-corrected chi connectivity index (χ1v) is 4.96. The topological polar surface area (TPSA) is 29.5 Å². The lowest BCUT2D eigenvalue weighted by atomic mass is 9.99. The zero-order valence-electron chi connectivity index (χ0n) is 8.01. The zero-order chi connectivity index (χ0) is 12.0. The average Bonchev–Trinajstić information content (AvgIpc) is 2.15. The van der Waals surface area contributed by atoms with Gasteiger partial charge in [0.2, 0.25) is 0 Å². The van der Waals surface area contributed by atoms with Crippen molar-refractivity contribution in [2.75, 3.05) is 0 Å². The molecule has 1 aliphatic heterocycles. The summed E-state index contributed by atoms with van der Waals surface area (Å²) in [6, 6.07) is 4.43. The van der Waals surface area contributed by atoms with E-state index in [1.54, 1.807) is 12.1 Å². The first-order valence-electron chi connectivity index (χ1n) is 4.58. The van der Waals surface area contributed by atoms with Crippen molar-refractivity contribution in [1.82, 2.24) is 0 Å². The average molecular weight is 253 g/mol. The summed E-state index contributed by atoms with van der Waals surface area (Å²) in [5.74, 6) is -3.12. The van der Waals surface area contributed by atoms with Crippen LogP contribution in [-0.2, 0) is 6.42 Å². The molecule has 2 nitrogen and oxygen atoms in total. The standard InChI is InChI=1S/C10H8ClF3O2/c11-7-2-1-6-3-4-9(15,10(12,13)14)16-8(6)5-7/h1-2,5,15H,3-4H2. The van der Waals surface area contributed by atoms with Gasteiger partial charge in [0, 0.05) is 11.4 Å². The Balaban J connectivity index is 2.36. The Morgan fingerprint density at radius 2 is 2.06 bits per heavy atom. The second-order valence-corrected chi connectivity index (χ2v) is 4.07. The van der Waals surface area contributed by atoms with Crippen LogP contribution in [0, 0.1) is 0 Å². The van der Waals surface area contributed by atoms with Crippen molar-refractivity contribution in [3.8, 4) is 5.75 Å². The summed E-state index contributed by atoms with van der Waals surface area (Å²) < 4.78 is 42.1. The van der Waals surface area contributed by atoms with Crippen LogP contribution in [0.1, 0.15) is 12.0 Å². The molecular formula is C10H8ClF3O2. The minimum absolute atomic E-state index is 0.0152. The van der Waals surface area contributed by atoms with Crippen LogP contribution in [0.15, 0.2) is 18.2 Å². The Labute approximate surface area is 94.6 Å². The van der Waals surface area contributed by atoms with Crippen molar-refractivity contribution >= 4 is 11.6 Å². The highest BCUT2D eigenvalue weighted by Gasteiger charge is 2.57. The van der Waals surface area contributed by atoms with Crippen LogP contribution in [0.2, 0.25) is 5.02 Å². The molecule has 1 N–H and O–H groups in total. The summed E-state index contributed by atoms with van der Waals surface area (Å²) in [4.78, 5) is 0. The molecule has 0 aliphatic carbocycles. The fourth-order valence-corrected chi connectivity index (χ4v) is 1.73. The van der Waals surface area contributed by atoms with Gasteiger partial charge < -0.3 is 9.84 Å². The second-order valence-electron chi connectivity index (χ2n) is 3.64. The molecule has 0 bridgehead atoms. The SMILES string of the molecule is OC1(C(F)(F)F)CCc2ccc(Cl)cc2O1. The monoisotopic (exact) mass is 252 g/mol. The number of rotatable bonds is 0. The quantitative estimate of drug-likeness (QED) is 0.769. The summed E-state index contributed by atoms with van der Waals surface area (Å²) in [5.41, 5.74) is 0.610. The lowest BCUT2D eigenvalue weighted by Gasteiger charge is -2.35. The number of benzene rings is 1. The smallest absolute Gasteiger partial charge is 0.453 e. The molecule has 1 unspecified atom stereocenters. The van der Waals surface area contributed by atoms with Gasteiger partial charge in [0.05, 0.1) is 0 Å². The van der Waals surface area contributed by atoms with Gasteiger partial charge in [-0.25, -0.2) is 0 Å². The second kappa shape index (κ2) is 3.53. The third-order valence-corrected chi connectivity index (χ3v) is 2.72. The maximum absolute atomic E-state index is 12.5. The van der Waals surface area contributed by atoms with Crippen LogP contribution in [0.5, 0.6) is 5.75 Å². The molecule has 1 aromatic carbocycles. The highest BCUT2D eigenvalue weighted by Crippen LogP contribution is 2.41. The molecule has 0 saturated carbocycles. The fourth-order valence-electron chi connectivity index (χ4n) is 1.57. The first kappa shape index (κ1) is 11.5. The number of fused-ring (bicyclic) bond motifs is 1. The van der Waals surface area contributed by atoms with Crippen LogP contribution in [-0.4, -0.2) is 17.1 Å². The minimum atomic E-state index is -4.81. The highest BCUT2D eigenvalue weighted by atomic mass is 35.5. The van der Waals surface area contributed by atoms with Crippen LogP contribution in [0.3, 0.4) is 0 Å². The molecule has 88 valence electrons. The van der Waals surface area contributed by atoms with Crippen LogP contribution in [0.25, 0.3) is 0 Å². The molecule has 1 aliphatic rings. The van der Waals surface area contributed by atoms with Crippen molar-refractivity contribution in [3.63, 3.8) is 0 Å². The van der Waals surface area contributed by atoms with E-state index >= 15 is 0 Å². The Hall–Kier alpha value is -0.940. The van der Waals surface area contributed by atoms with Gasteiger partial charge in [0.25, 0.3) is 0 Å². The van der Waals surface area contributed by atoms with Crippen molar-refractivity contribution < 1.29 is 23.0 Å². The third-order valence-electron chi connectivity index (χ3n) is 2.48. The molecule has 0 aromatic heterocycles. The third kappa shape index (κ3) is 1.85. The Morgan fingerprint density at radius 1 is 1.38 bits per heavy atom. The maximum Gasteiger partial charge on any atom is 0.455 e. The van der Waals surface area contributed by atoms with Crippen molar-refractivity contribution in [2.45, 2.75) is 24.8 Å².